The first-order valence-corrected chi connectivity index (χ1v) is 11.6. The van der Waals surface area contributed by atoms with Gasteiger partial charge in [-0.15, -0.1) is 5.10 Å². The van der Waals surface area contributed by atoms with Crippen LogP contribution in [-0.2, 0) is 0 Å². The molecule has 0 unspecified atom stereocenters. The van der Waals surface area contributed by atoms with Crippen LogP contribution in [0.5, 0.6) is 5.75 Å². The first-order valence-electron chi connectivity index (χ1n) is 10.8. The number of ether oxygens (including phenoxy) is 1. The van der Waals surface area contributed by atoms with Crippen molar-refractivity contribution < 1.29 is 4.74 Å². The number of nitrogens with zero attached hydrogens (tertiary/aromatic N) is 6. The molecule has 0 fully saturated rings. The van der Waals surface area contributed by atoms with E-state index in [0.717, 1.165) is 33.8 Å². The second-order valence-corrected chi connectivity index (χ2v) is 8.73. The summed E-state index contributed by atoms with van der Waals surface area (Å²) < 4.78 is 8.99. The Morgan fingerprint density at radius 3 is 2.40 bits per heavy atom. The van der Waals surface area contributed by atoms with Crippen LogP contribution in [0.2, 0.25) is 0 Å². The maximum Gasteiger partial charge on any atom is 0.291 e. The van der Waals surface area contributed by atoms with Crippen molar-refractivity contribution in [1.29, 1.82) is 0 Å². The van der Waals surface area contributed by atoms with Gasteiger partial charge in [-0.3, -0.25) is 9.78 Å². The molecule has 2 aromatic carbocycles. The monoisotopic (exact) mass is 478 g/mol. The first-order chi connectivity index (χ1) is 17.2. The highest BCUT2D eigenvalue weighted by molar-refractivity contribution is 7.15. The molecule has 0 N–H and O–H groups in total. The second-order valence-electron chi connectivity index (χ2n) is 7.72. The van der Waals surface area contributed by atoms with Gasteiger partial charge >= 0.3 is 0 Å². The van der Waals surface area contributed by atoms with Crippen molar-refractivity contribution in [1.82, 2.24) is 29.4 Å². The number of hydrogen-bond acceptors (Lipinski definition) is 7. The molecule has 4 heterocycles. The molecule has 4 aromatic heterocycles. The third-order valence-corrected chi connectivity index (χ3v) is 6.49. The van der Waals surface area contributed by atoms with Gasteiger partial charge in [0.15, 0.2) is 5.82 Å². The van der Waals surface area contributed by atoms with Gasteiger partial charge < -0.3 is 4.74 Å². The molecule has 0 bridgehead atoms. The van der Waals surface area contributed by atoms with Crippen molar-refractivity contribution in [2.75, 3.05) is 7.11 Å². The van der Waals surface area contributed by atoms with E-state index in [9.17, 15) is 4.79 Å². The molecule has 0 amide bonds. The fourth-order valence-electron chi connectivity index (χ4n) is 3.78. The summed E-state index contributed by atoms with van der Waals surface area (Å²) in [4.78, 5) is 22.3. The van der Waals surface area contributed by atoms with Crippen LogP contribution in [0.4, 0.5) is 0 Å². The highest BCUT2D eigenvalue weighted by atomic mass is 32.1. The third kappa shape index (κ3) is 3.87. The van der Waals surface area contributed by atoms with Crippen LogP contribution in [-0.4, -0.2) is 36.5 Å². The van der Waals surface area contributed by atoms with E-state index in [1.807, 2.05) is 83.7 Å². The zero-order chi connectivity index (χ0) is 23.8. The average molecular weight is 479 g/mol. The fraction of sp³-hybridized carbons (Fsp3) is 0.0385. The number of fused-ring (bicyclic) bond motifs is 1. The van der Waals surface area contributed by atoms with E-state index >= 15 is 0 Å². The summed E-state index contributed by atoms with van der Waals surface area (Å²) in [6, 6.07) is 21.2. The van der Waals surface area contributed by atoms with Crippen LogP contribution in [0.1, 0.15) is 5.56 Å². The van der Waals surface area contributed by atoms with Crippen LogP contribution in [0.25, 0.3) is 39.4 Å². The van der Waals surface area contributed by atoms with Crippen molar-refractivity contribution in [3.8, 4) is 34.1 Å². The maximum atomic E-state index is 13.2. The Balaban J connectivity index is 1.48. The fourth-order valence-corrected chi connectivity index (χ4v) is 4.68. The highest BCUT2D eigenvalue weighted by Crippen LogP contribution is 2.26. The number of aromatic nitrogens is 6. The van der Waals surface area contributed by atoms with Crippen molar-refractivity contribution >= 4 is 22.4 Å². The lowest BCUT2D eigenvalue weighted by atomic mass is 10.1. The number of methoxy groups -OCH3 is 1. The zero-order valence-corrected chi connectivity index (χ0v) is 19.4. The number of hydrogen-bond donors (Lipinski definition) is 0. The lowest BCUT2D eigenvalue weighted by Gasteiger charge is -2.02. The molecule has 0 spiro atoms. The minimum atomic E-state index is -0.217. The topological polar surface area (TPSA) is 87.2 Å². The lowest BCUT2D eigenvalue weighted by Crippen LogP contribution is -2.23. The van der Waals surface area contributed by atoms with Crippen molar-refractivity contribution in [3.05, 3.63) is 106 Å². The summed E-state index contributed by atoms with van der Waals surface area (Å²) in [5.41, 5.74) is 4.01. The van der Waals surface area contributed by atoms with Gasteiger partial charge in [0.2, 0.25) is 4.96 Å². The summed E-state index contributed by atoms with van der Waals surface area (Å²) >= 11 is 1.30. The summed E-state index contributed by atoms with van der Waals surface area (Å²) in [7, 11) is 1.63. The van der Waals surface area contributed by atoms with E-state index in [1.165, 1.54) is 15.9 Å². The molecule has 8 nitrogen and oxygen atoms in total. The predicted octanol–water partition coefficient (Wildman–Crippen LogP) is 3.62. The molecular formula is C26H18N6O2S. The van der Waals surface area contributed by atoms with Crippen LogP contribution >= 0.6 is 11.3 Å². The molecular weight excluding hydrogens is 460 g/mol. The van der Waals surface area contributed by atoms with Gasteiger partial charge in [-0.25, -0.2) is 4.68 Å². The Kier molecular flexibility index (Phi) is 5.16. The largest absolute Gasteiger partial charge is 0.497 e. The molecule has 0 radical (unpaired) electrons. The van der Waals surface area contributed by atoms with E-state index in [1.54, 1.807) is 19.5 Å². The van der Waals surface area contributed by atoms with Crippen molar-refractivity contribution in [3.63, 3.8) is 0 Å². The number of para-hydroxylation sites is 1. The molecule has 35 heavy (non-hydrogen) atoms. The predicted molar refractivity (Wildman–Crippen MR) is 135 cm³/mol. The Bertz CT molecular complexity index is 1740. The van der Waals surface area contributed by atoms with E-state index in [0.29, 0.717) is 15.3 Å². The van der Waals surface area contributed by atoms with E-state index in [4.69, 9.17) is 9.84 Å². The van der Waals surface area contributed by atoms with Crippen LogP contribution < -0.4 is 14.8 Å². The quantitative estimate of drug-likeness (QED) is 0.376. The molecule has 9 heteroatoms. The van der Waals surface area contributed by atoms with Crippen LogP contribution in [0, 0.1) is 0 Å². The molecule has 0 aliphatic rings. The summed E-state index contributed by atoms with van der Waals surface area (Å²) in [6.07, 6.45) is 7.12. The average Bonchev–Trinajstić information content (AvgIpc) is 3.60. The van der Waals surface area contributed by atoms with Gasteiger partial charge in [0.1, 0.15) is 11.4 Å². The first kappa shape index (κ1) is 20.9. The molecule has 0 aliphatic carbocycles. The van der Waals surface area contributed by atoms with Gasteiger partial charge in [0.05, 0.1) is 17.3 Å². The third-order valence-electron chi connectivity index (χ3n) is 5.53. The number of rotatable bonds is 5. The molecule has 0 saturated heterocycles. The minimum absolute atomic E-state index is 0.217. The van der Waals surface area contributed by atoms with Crippen molar-refractivity contribution in [2.24, 2.45) is 0 Å². The highest BCUT2D eigenvalue weighted by Gasteiger charge is 2.15. The number of pyridine rings is 1. The van der Waals surface area contributed by atoms with Gasteiger partial charge in [0.25, 0.3) is 5.56 Å². The summed E-state index contributed by atoms with van der Waals surface area (Å²) in [5, 5.41) is 9.25. The minimum Gasteiger partial charge on any atom is -0.497 e. The summed E-state index contributed by atoms with van der Waals surface area (Å²) in [6.45, 7) is 0. The standard InChI is InChI=1S/C26H18N6O2S/c1-34-21-9-7-17(8-10-21)23-19(16-31(29-23)20-5-3-2-4-6-20)15-22-25(33)32-26(35-22)28-24(30-32)18-11-13-27-14-12-18/h2-16H,1H3/b22-15-. The van der Waals surface area contributed by atoms with Crippen LogP contribution in [0.3, 0.4) is 0 Å². The Hall–Kier alpha value is -4.63. The molecule has 0 saturated carbocycles. The number of thiazole rings is 1. The lowest BCUT2D eigenvalue weighted by molar-refractivity contribution is 0.415. The van der Waals surface area contributed by atoms with E-state index in [-0.39, 0.29) is 5.56 Å². The van der Waals surface area contributed by atoms with E-state index < -0.39 is 0 Å². The molecule has 6 rings (SSSR count). The summed E-state index contributed by atoms with van der Waals surface area (Å²) in [5.74, 6) is 1.26. The number of benzene rings is 2. The molecule has 0 aliphatic heterocycles. The Morgan fingerprint density at radius 2 is 1.69 bits per heavy atom. The SMILES string of the molecule is COc1ccc(-c2nn(-c3ccccc3)cc2/C=c2\sc3nc(-c4ccncc4)nn3c2=O)cc1. The van der Waals surface area contributed by atoms with Gasteiger partial charge in [-0.05, 0) is 54.6 Å². The molecule has 170 valence electrons. The van der Waals surface area contributed by atoms with Gasteiger partial charge in [-0.2, -0.15) is 14.6 Å². The van der Waals surface area contributed by atoms with Crippen LogP contribution in [0.15, 0.2) is 90.1 Å². The molecule has 0 atom stereocenters. The smallest absolute Gasteiger partial charge is 0.291 e. The normalized spacial score (nSPS) is 11.9. The Morgan fingerprint density at radius 1 is 0.914 bits per heavy atom. The second kappa shape index (κ2) is 8.62. The molecule has 6 aromatic rings. The zero-order valence-electron chi connectivity index (χ0n) is 18.6. The van der Waals surface area contributed by atoms with E-state index in [2.05, 4.69) is 15.1 Å². The van der Waals surface area contributed by atoms with Gasteiger partial charge in [-0.1, -0.05) is 29.5 Å². The van der Waals surface area contributed by atoms with Gasteiger partial charge in [0, 0.05) is 35.3 Å². The Labute approximate surface area is 203 Å². The van der Waals surface area contributed by atoms with Crippen molar-refractivity contribution in [2.45, 2.75) is 0 Å². The maximum absolute atomic E-state index is 13.2.